The molecule has 0 saturated carbocycles. The summed E-state index contributed by atoms with van der Waals surface area (Å²) in [6, 6.07) is 22.8. The van der Waals surface area contributed by atoms with Gasteiger partial charge in [0.2, 0.25) is 0 Å². The fourth-order valence-electron chi connectivity index (χ4n) is 2.91. The van der Waals surface area contributed by atoms with Crippen molar-refractivity contribution in [1.29, 1.82) is 0 Å². The lowest BCUT2D eigenvalue weighted by Crippen LogP contribution is -2.18. The first kappa shape index (κ1) is 18.9. The van der Waals surface area contributed by atoms with Crippen molar-refractivity contribution in [3.63, 3.8) is 0 Å². The van der Waals surface area contributed by atoms with E-state index in [0.717, 1.165) is 5.56 Å². The molecular formula is C23H24FNO2. The van der Waals surface area contributed by atoms with E-state index in [-0.39, 0.29) is 18.5 Å². The van der Waals surface area contributed by atoms with Gasteiger partial charge in [-0.2, -0.15) is 0 Å². The third-order valence-electron chi connectivity index (χ3n) is 4.51. The molecule has 3 aromatic carbocycles. The molecule has 3 nitrogen and oxygen atoms in total. The van der Waals surface area contributed by atoms with Crippen LogP contribution in [0.1, 0.15) is 29.7 Å². The lowest BCUT2D eigenvalue weighted by atomic mass is 10.1. The van der Waals surface area contributed by atoms with Crippen molar-refractivity contribution in [3.8, 4) is 11.5 Å². The Kier molecular flexibility index (Phi) is 6.44. The second-order valence-electron chi connectivity index (χ2n) is 6.34. The van der Waals surface area contributed by atoms with Gasteiger partial charge < -0.3 is 14.8 Å². The summed E-state index contributed by atoms with van der Waals surface area (Å²) in [6.45, 7) is 2.88. The van der Waals surface area contributed by atoms with Gasteiger partial charge in [-0.1, -0.05) is 60.7 Å². The number of hydrogen-bond acceptors (Lipinski definition) is 3. The van der Waals surface area contributed by atoms with Gasteiger partial charge in [-0.3, -0.25) is 0 Å². The SMILES string of the molecule is COc1cccc(CN[C@@H](C)c2ccccc2)c1OCc1ccccc1F. The van der Waals surface area contributed by atoms with Gasteiger partial charge >= 0.3 is 0 Å². The van der Waals surface area contributed by atoms with Crippen LogP contribution in [0.3, 0.4) is 0 Å². The van der Waals surface area contributed by atoms with Crippen LogP contribution in [-0.4, -0.2) is 7.11 Å². The van der Waals surface area contributed by atoms with Crippen molar-refractivity contribution in [1.82, 2.24) is 5.32 Å². The van der Waals surface area contributed by atoms with Crippen molar-refractivity contribution in [2.45, 2.75) is 26.1 Å². The molecule has 4 heteroatoms. The quantitative estimate of drug-likeness (QED) is 0.590. The summed E-state index contributed by atoms with van der Waals surface area (Å²) in [4.78, 5) is 0. The highest BCUT2D eigenvalue weighted by molar-refractivity contribution is 5.46. The van der Waals surface area contributed by atoms with Gasteiger partial charge in [-0.05, 0) is 24.6 Å². The topological polar surface area (TPSA) is 30.5 Å². The molecule has 3 aromatic rings. The van der Waals surface area contributed by atoms with Gasteiger partial charge in [0.25, 0.3) is 0 Å². The number of para-hydroxylation sites is 1. The summed E-state index contributed by atoms with van der Waals surface area (Å²) < 4.78 is 25.3. The molecule has 1 atom stereocenters. The maximum atomic E-state index is 13.9. The van der Waals surface area contributed by atoms with Crippen molar-refractivity contribution in [2.75, 3.05) is 7.11 Å². The molecule has 0 fully saturated rings. The van der Waals surface area contributed by atoms with E-state index in [1.807, 2.05) is 36.4 Å². The Hall–Kier alpha value is -2.85. The molecule has 0 bridgehead atoms. The number of hydrogen-bond donors (Lipinski definition) is 1. The van der Waals surface area contributed by atoms with E-state index in [0.29, 0.717) is 23.6 Å². The Bertz CT molecular complexity index is 867. The second kappa shape index (κ2) is 9.19. The summed E-state index contributed by atoms with van der Waals surface area (Å²) in [5, 5.41) is 3.51. The lowest BCUT2D eigenvalue weighted by molar-refractivity contribution is 0.275. The molecular weight excluding hydrogens is 341 g/mol. The van der Waals surface area contributed by atoms with E-state index in [2.05, 4.69) is 24.4 Å². The van der Waals surface area contributed by atoms with Crippen molar-refractivity contribution < 1.29 is 13.9 Å². The van der Waals surface area contributed by atoms with Crippen LogP contribution >= 0.6 is 0 Å². The average Bonchev–Trinajstić information content (AvgIpc) is 2.72. The number of ether oxygens (including phenoxy) is 2. The Morgan fingerprint density at radius 1 is 0.889 bits per heavy atom. The number of rotatable bonds is 8. The number of methoxy groups -OCH3 is 1. The fraction of sp³-hybridized carbons (Fsp3) is 0.217. The third-order valence-corrected chi connectivity index (χ3v) is 4.51. The Labute approximate surface area is 159 Å². The summed E-state index contributed by atoms with van der Waals surface area (Å²) in [6.07, 6.45) is 0. The monoisotopic (exact) mass is 365 g/mol. The Morgan fingerprint density at radius 2 is 1.59 bits per heavy atom. The minimum atomic E-state index is -0.273. The van der Waals surface area contributed by atoms with Crippen molar-refractivity contribution in [3.05, 3.63) is 95.3 Å². The van der Waals surface area contributed by atoms with Gasteiger partial charge in [0.1, 0.15) is 12.4 Å². The molecule has 0 heterocycles. The first-order chi connectivity index (χ1) is 13.2. The second-order valence-corrected chi connectivity index (χ2v) is 6.34. The van der Waals surface area contributed by atoms with Crippen LogP contribution < -0.4 is 14.8 Å². The number of benzene rings is 3. The molecule has 0 radical (unpaired) electrons. The molecule has 0 aliphatic carbocycles. The van der Waals surface area contributed by atoms with Crippen molar-refractivity contribution >= 4 is 0 Å². The average molecular weight is 365 g/mol. The normalized spacial score (nSPS) is 11.8. The molecule has 0 amide bonds. The molecule has 0 aliphatic rings. The molecule has 27 heavy (non-hydrogen) atoms. The summed E-state index contributed by atoms with van der Waals surface area (Å²) >= 11 is 0. The lowest BCUT2D eigenvalue weighted by Gasteiger charge is -2.18. The standard InChI is InChI=1S/C23H24FNO2/c1-17(18-9-4-3-5-10-18)25-15-19-12-8-14-22(26-2)23(19)27-16-20-11-6-7-13-21(20)24/h3-14,17,25H,15-16H2,1-2H3/t17-/m0/s1. The summed E-state index contributed by atoms with van der Waals surface area (Å²) in [5.74, 6) is 0.999. The minimum absolute atomic E-state index is 0.147. The van der Waals surface area contributed by atoms with Crippen LogP contribution in [0.25, 0.3) is 0 Å². The first-order valence-electron chi connectivity index (χ1n) is 8.99. The highest BCUT2D eigenvalue weighted by Crippen LogP contribution is 2.32. The molecule has 0 aromatic heterocycles. The molecule has 0 unspecified atom stereocenters. The molecule has 0 spiro atoms. The molecule has 3 rings (SSSR count). The molecule has 1 N–H and O–H groups in total. The smallest absolute Gasteiger partial charge is 0.166 e. The third kappa shape index (κ3) is 4.86. The van der Waals surface area contributed by atoms with E-state index in [9.17, 15) is 4.39 Å². The maximum Gasteiger partial charge on any atom is 0.166 e. The maximum absolute atomic E-state index is 13.9. The van der Waals surface area contributed by atoms with Gasteiger partial charge in [0.15, 0.2) is 11.5 Å². The highest BCUT2D eigenvalue weighted by atomic mass is 19.1. The predicted octanol–water partition coefficient (Wildman–Crippen LogP) is 5.26. The molecule has 0 saturated heterocycles. The van der Waals surface area contributed by atoms with Crippen LogP contribution in [0, 0.1) is 5.82 Å². The largest absolute Gasteiger partial charge is 0.493 e. The minimum Gasteiger partial charge on any atom is -0.493 e. The van der Waals surface area contributed by atoms with E-state index < -0.39 is 0 Å². The van der Waals surface area contributed by atoms with Crippen LogP contribution in [0.15, 0.2) is 72.8 Å². The Morgan fingerprint density at radius 3 is 2.33 bits per heavy atom. The molecule has 0 aliphatic heterocycles. The predicted molar refractivity (Wildman–Crippen MR) is 105 cm³/mol. The Balaban J connectivity index is 1.74. The van der Waals surface area contributed by atoms with E-state index in [1.165, 1.54) is 11.6 Å². The van der Waals surface area contributed by atoms with E-state index >= 15 is 0 Å². The van der Waals surface area contributed by atoms with Crippen LogP contribution in [0.2, 0.25) is 0 Å². The van der Waals surface area contributed by atoms with Gasteiger partial charge in [-0.25, -0.2) is 4.39 Å². The van der Waals surface area contributed by atoms with E-state index in [1.54, 1.807) is 25.3 Å². The highest BCUT2D eigenvalue weighted by Gasteiger charge is 2.13. The van der Waals surface area contributed by atoms with Crippen LogP contribution in [0.4, 0.5) is 4.39 Å². The number of halogens is 1. The summed E-state index contributed by atoms with van der Waals surface area (Å²) in [7, 11) is 1.61. The zero-order valence-electron chi connectivity index (χ0n) is 15.6. The zero-order chi connectivity index (χ0) is 19.1. The zero-order valence-corrected chi connectivity index (χ0v) is 15.6. The van der Waals surface area contributed by atoms with Crippen LogP contribution in [0.5, 0.6) is 11.5 Å². The fourth-order valence-corrected chi connectivity index (χ4v) is 2.91. The molecule has 140 valence electrons. The van der Waals surface area contributed by atoms with Crippen molar-refractivity contribution in [2.24, 2.45) is 0 Å². The van der Waals surface area contributed by atoms with Gasteiger partial charge in [-0.15, -0.1) is 0 Å². The first-order valence-corrected chi connectivity index (χ1v) is 8.99. The van der Waals surface area contributed by atoms with Gasteiger partial charge in [0, 0.05) is 23.7 Å². The number of nitrogens with one attached hydrogen (secondary N) is 1. The van der Waals surface area contributed by atoms with E-state index in [4.69, 9.17) is 9.47 Å². The van der Waals surface area contributed by atoms with Crippen LogP contribution in [-0.2, 0) is 13.2 Å². The van der Waals surface area contributed by atoms with Gasteiger partial charge in [0.05, 0.1) is 7.11 Å². The summed E-state index contributed by atoms with van der Waals surface area (Å²) in [5.41, 5.74) is 2.70.